The Balaban J connectivity index is 2.35. The van der Waals surface area contributed by atoms with Crippen molar-refractivity contribution in [2.45, 2.75) is 6.04 Å². The molecule has 0 aliphatic heterocycles. The van der Waals surface area contributed by atoms with E-state index in [0.717, 1.165) is 0 Å². The van der Waals surface area contributed by atoms with Crippen LogP contribution in [-0.2, 0) is 0 Å². The summed E-state index contributed by atoms with van der Waals surface area (Å²) in [4.78, 5) is 13.2. The van der Waals surface area contributed by atoms with Gasteiger partial charge in [-0.15, -0.1) is 6.58 Å². The highest BCUT2D eigenvalue weighted by Gasteiger charge is 2.32. The Bertz CT molecular complexity index is 671. The number of ketones is 1. The van der Waals surface area contributed by atoms with E-state index in [-0.39, 0.29) is 11.6 Å². The van der Waals surface area contributed by atoms with Crippen molar-refractivity contribution in [1.29, 1.82) is 0 Å². The molecule has 0 fully saturated rings. The Labute approximate surface area is 134 Å². The summed E-state index contributed by atoms with van der Waals surface area (Å²) < 4.78 is 14.8. The fraction of sp³-hybridized carbons (Fsp3) is 0.118. The number of carbonyl (C=O) groups excluding carboxylic acids is 1. The first-order valence-electron chi connectivity index (χ1n) is 6.77. The van der Waals surface area contributed by atoms with Crippen molar-refractivity contribution in [1.82, 2.24) is 5.32 Å². The number of rotatable bonds is 6. The normalized spacial score (nSPS) is 11.5. The van der Waals surface area contributed by atoms with Gasteiger partial charge in [0.25, 0.3) is 6.04 Å². The molecule has 0 saturated carbocycles. The SMILES string of the molecule is C=CCNC(=S)C(C(=O)c1ccc(F)cc1)[n+]1ccccc1. The maximum absolute atomic E-state index is 13.0. The minimum Gasteiger partial charge on any atom is -0.370 e. The van der Waals surface area contributed by atoms with Crippen LogP contribution in [-0.4, -0.2) is 17.3 Å². The number of aromatic nitrogens is 1. The molecule has 5 heteroatoms. The van der Waals surface area contributed by atoms with Gasteiger partial charge in [0.05, 0.1) is 0 Å². The number of thiocarbonyl (C=S) groups is 1. The van der Waals surface area contributed by atoms with Crippen LogP contribution in [0.15, 0.2) is 67.5 Å². The fourth-order valence-corrected chi connectivity index (χ4v) is 2.33. The van der Waals surface area contributed by atoms with Crippen LogP contribution in [0.2, 0.25) is 0 Å². The van der Waals surface area contributed by atoms with Crippen LogP contribution in [0.1, 0.15) is 16.4 Å². The lowest BCUT2D eigenvalue weighted by Crippen LogP contribution is -2.51. The summed E-state index contributed by atoms with van der Waals surface area (Å²) in [5.41, 5.74) is 0.408. The summed E-state index contributed by atoms with van der Waals surface area (Å²) in [5.74, 6) is -0.578. The molecule has 112 valence electrons. The highest BCUT2D eigenvalue weighted by Crippen LogP contribution is 2.12. The van der Waals surface area contributed by atoms with Crippen LogP contribution >= 0.6 is 12.2 Å². The van der Waals surface area contributed by atoms with Gasteiger partial charge >= 0.3 is 0 Å². The zero-order valence-electron chi connectivity index (χ0n) is 11.9. The molecule has 0 bridgehead atoms. The summed E-state index contributed by atoms with van der Waals surface area (Å²) in [6, 6.07) is 10.3. The molecule has 2 aromatic rings. The van der Waals surface area contributed by atoms with Gasteiger partial charge in [-0.05, 0) is 24.3 Å². The molecular weight excluding hydrogens is 299 g/mol. The highest BCUT2D eigenvalue weighted by atomic mass is 32.1. The molecule has 0 aliphatic carbocycles. The first kappa shape index (κ1) is 16.0. The smallest absolute Gasteiger partial charge is 0.270 e. The minimum atomic E-state index is -0.679. The second-order valence-electron chi connectivity index (χ2n) is 4.63. The van der Waals surface area contributed by atoms with Crippen molar-refractivity contribution in [3.63, 3.8) is 0 Å². The fourth-order valence-electron chi connectivity index (χ4n) is 2.02. The Morgan fingerprint density at radius 1 is 1.27 bits per heavy atom. The van der Waals surface area contributed by atoms with Gasteiger partial charge in [-0.25, -0.2) is 4.39 Å². The molecule has 22 heavy (non-hydrogen) atoms. The topological polar surface area (TPSA) is 33.0 Å². The van der Waals surface area contributed by atoms with Gasteiger partial charge in [0, 0.05) is 24.2 Å². The van der Waals surface area contributed by atoms with Crippen molar-refractivity contribution in [2.75, 3.05) is 6.54 Å². The van der Waals surface area contributed by atoms with E-state index in [1.807, 2.05) is 18.2 Å². The molecule has 1 aromatic carbocycles. The lowest BCUT2D eigenvalue weighted by atomic mass is 10.0. The van der Waals surface area contributed by atoms with Gasteiger partial charge in [0.15, 0.2) is 17.4 Å². The summed E-state index contributed by atoms with van der Waals surface area (Å²) >= 11 is 5.35. The molecule has 1 atom stereocenters. The Morgan fingerprint density at radius 2 is 1.91 bits per heavy atom. The van der Waals surface area contributed by atoms with Crippen LogP contribution in [0.25, 0.3) is 0 Å². The highest BCUT2D eigenvalue weighted by molar-refractivity contribution is 7.80. The molecule has 3 nitrogen and oxygen atoms in total. The number of hydrogen-bond acceptors (Lipinski definition) is 2. The van der Waals surface area contributed by atoms with Crippen LogP contribution < -0.4 is 9.88 Å². The van der Waals surface area contributed by atoms with Crippen molar-refractivity contribution in [2.24, 2.45) is 0 Å². The Hall–Kier alpha value is -2.40. The monoisotopic (exact) mass is 315 g/mol. The first-order chi connectivity index (χ1) is 10.6. The van der Waals surface area contributed by atoms with E-state index in [1.54, 1.807) is 23.0 Å². The van der Waals surface area contributed by atoms with E-state index in [4.69, 9.17) is 12.2 Å². The lowest BCUT2D eigenvalue weighted by Gasteiger charge is -2.13. The van der Waals surface area contributed by atoms with E-state index >= 15 is 0 Å². The third-order valence-corrected chi connectivity index (χ3v) is 3.45. The average molecular weight is 315 g/mol. The molecule has 0 radical (unpaired) electrons. The molecule has 1 aromatic heterocycles. The lowest BCUT2D eigenvalue weighted by molar-refractivity contribution is -0.692. The molecule has 0 amide bonds. The van der Waals surface area contributed by atoms with Gasteiger partial charge in [0.1, 0.15) is 5.82 Å². The first-order valence-corrected chi connectivity index (χ1v) is 7.18. The zero-order chi connectivity index (χ0) is 15.9. The standard InChI is InChI=1S/C17H15FN2OS/c1-2-10-19-17(22)15(20-11-4-3-5-12-20)16(21)13-6-8-14(18)9-7-13/h2-9,11-12,15H,1,10H2/p+1. The number of carbonyl (C=O) groups is 1. The number of halogens is 1. The van der Waals surface area contributed by atoms with Crippen LogP contribution in [0.4, 0.5) is 4.39 Å². The predicted molar refractivity (Wildman–Crippen MR) is 87.2 cm³/mol. The third-order valence-electron chi connectivity index (χ3n) is 3.08. The van der Waals surface area contributed by atoms with Gasteiger partial charge in [-0.2, -0.15) is 4.57 Å². The molecule has 0 saturated heterocycles. The maximum atomic E-state index is 13.0. The van der Waals surface area contributed by atoms with Gasteiger partial charge < -0.3 is 5.32 Å². The summed E-state index contributed by atoms with van der Waals surface area (Å²) in [6.45, 7) is 4.09. The molecule has 1 heterocycles. The number of hydrogen-bond donors (Lipinski definition) is 1. The van der Waals surface area contributed by atoms with E-state index in [2.05, 4.69) is 11.9 Å². The number of pyridine rings is 1. The summed E-state index contributed by atoms with van der Waals surface area (Å²) in [5, 5.41) is 2.99. The molecule has 0 aliphatic rings. The number of nitrogens with zero attached hydrogens (tertiary/aromatic N) is 1. The Morgan fingerprint density at radius 3 is 2.50 bits per heavy atom. The molecule has 1 N–H and O–H groups in total. The van der Waals surface area contributed by atoms with Gasteiger partial charge in [0.2, 0.25) is 5.78 Å². The Kier molecular flexibility index (Phi) is 5.49. The van der Waals surface area contributed by atoms with E-state index < -0.39 is 6.04 Å². The van der Waals surface area contributed by atoms with Crippen molar-refractivity contribution >= 4 is 23.0 Å². The van der Waals surface area contributed by atoms with E-state index in [0.29, 0.717) is 17.1 Å². The minimum absolute atomic E-state index is 0.197. The van der Waals surface area contributed by atoms with Crippen LogP contribution in [0, 0.1) is 5.82 Å². The maximum Gasteiger partial charge on any atom is 0.270 e. The quantitative estimate of drug-likeness (QED) is 0.385. The second-order valence-corrected chi connectivity index (χ2v) is 5.07. The van der Waals surface area contributed by atoms with Crippen molar-refractivity contribution in [3.05, 3.63) is 78.9 Å². The van der Waals surface area contributed by atoms with Gasteiger partial charge in [-0.1, -0.05) is 24.4 Å². The molecule has 1 unspecified atom stereocenters. The molecular formula is C17H16FN2OS+. The van der Waals surface area contributed by atoms with Crippen molar-refractivity contribution in [3.8, 4) is 0 Å². The van der Waals surface area contributed by atoms with Crippen LogP contribution in [0.3, 0.4) is 0 Å². The molecule has 0 spiro atoms. The number of nitrogens with one attached hydrogen (secondary N) is 1. The van der Waals surface area contributed by atoms with Crippen LogP contribution in [0.5, 0.6) is 0 Å². The molecule has 2 rings (SSSR count). The summed E-state index contributed by atoms with van der Waals surface area (Å²) in [6.07, 6.45) is 5.21. The largest absolute Gasteiger partial charge is 0.370 e. The predicted octanol–water partition coefficient (Wildman–Crippen LogP) is 2.64. The average Bonchev–Trinajstić information content (AvgIpc) is 2.54. The third kappa shape index (κ3) is 3.83. The second kappa shape index (κ2) is 7.56. The van der Waals surface area contributed by atoms with E-state index in [9.17, 15) is 9.18 Å². The van der Waals surface area contributed by atoms with Crippen molar-refractivity contribution < 1.29 is 13.8 Å². The zero-order valence-corrected chi connectivity index (χ0v) is 12.7. The summed E-state index contributed by atoms with van der Waals surface area (Å²) in [7, 11) is 0. The number of Topliss-reactive ketones (excluding diaryl/α,β-unsaturated/α-hetero) is 1. The van der Waals surface area contributed by atoms with E-state index in [1.165, 1.54) is 24.3 Å². The van der Waals surface area contributed by atoms with Gasteiger partial charge in [-0.3, -0.25) is 4.79 Å². The number of benzene rings is 1.